The molecular weight excluding hydrogens is 338 g/mol. The number of rotatable bonds is 4. The van der Waals surface area contributed by atoms with Crippen LogP contribution in [0.1, 0.15) is 11.1 Å². The molecule has 0 radical (unpaired) electrons. The van der Waals surface area contributed by atoms with Gasteiger partial charge in [0.15, 0.2) is 0 Å². The Balaban J connectivity index is 1.43. The maximum absolute atomic E-state index is 4.46. The summed E-state index contributed by atoms with van der Waals surface area (Å²) >= 11 is 0. The second kappa shape index (κ2) is 7.57. The van der Waals surface area contributed by atoms with Crippen molar-refractivity contribution >= 4 is 23.3 Å². The number of piperazine rings is 1. The minimum atomic E-state index is 0.789. The normalized spacial score (nSPS) is 14.3. The van der Waals surface area contributed by atoms with E-state index in [-0.39, 0.29) is 0 Å². The van der Waals surface area contributed by atoms with Crippen molar-refractivity contribution in [3.63, 3.8) is 0 Å². The van der Waals surface area contributed by atoms with E-state index in [0.29, 0.717) is 0 Å². The third-order valence-corrected chi connectivity index (χ3v) is 4.87. The van der Waals surface area contributed by atoms with Gasteiger partial charge in [-0.05, 0) is 43.2 Å². The van der Waals surface area contributed by atoms with Gasteiger partial charge in [0.05, 0.1) is 0 Å². The first-order valence-corrected chi connectivity index (χ1v) is 9.12. The first-order valence-electron chi connectivity index (χ1n) is 9.12. The number of benzene rings is 1. The Hall–Kier alpha value is -3.22. The van der Waals surface area contributed by atoms with E-state index in [2.05, 4.69) is 67.1 Å². The molecule has 138 valence electrons. The van der Waals surface area contributed by atoms with Crippen LogP contribution in [-0.2, 0) is 0 Å². The first kappa shape index (κ1) is 17.2. The summed E-state index contributed by atoms with van der Waals surface area (Å²) in [6.45, 7) is 7.71. The predicted molar refractivity (Wildman–Crippen MR) is 108 cm³/mol. The average Bonchev–Trinajstić information content (AvgIpc) is 2.72. The molecule has 1 fully saturated rings. The van der Waals surface area contributed by atoms with Crippen molar-refractivity contribution in [3.05, 3.63) is 60.2 Å². The molecule has 2 aromatic heterocycles. The second-order valence-electron chi connectivity index (χ2n) is 6.71. The summed E-state index contributed by atoms with van der Waals surface area (Å²) in [5, 5.41) is 3.38. The zero-order valence-electron chi connectivity index (χ0n) is 15.6. The highest BCUT2D eigenvalue weighted by Gasteiger charge is 2.20. The van der Waals surface area contributed by atoms with Gasteiger partial charge in [-0.3, -0.25) is 0 Å². The molecule has 27 heavy (non-hydrogen) atoms. The Labute approximate surface area is 159 Å². The fourth-order valence-corrected chi connectivity index (χ4v) is 3.15. The van der Waals surface area contributed by atoms with Crippen LogP contribution >= 0.6 is 0 Å². The Morgan fingerprint density at radius 2 is 1.56 bits per heavy atom. The molecule has 0 amide bonds. The molecule has 3 aromatic rings. The Morgan fingerprint density at radius 3 is 2.30 bits per heavy atom. The van der Waals surface area contributed by atoms with Gasteiger partial charge in [0.25, 0.3) is 0 Å². The molecule has 1 saturated heterocycles. The van der Waals surface area contributed by atoms with Crippen LogP contribution in [0.5, 0.6) is 0 Å². The highest BCUT2D eigenvalue weighted by molar-refractivity contribution is 5.60. The van der Waals surface area contributed by atoms with E-state index in [9.17, 15) is 0 Å². The minimum absolute atomic E-state index is 0.789. The molecule has 0 unspecified atom stereocenters. The third-order valence-electron chi connectivity index (χ3n) is 4.87. The fraction of sp³-hybridized carbons (Fsp3) is 0.300. The van der Waals surface area contributed by atoms with Crippen LogP contribution in [0.2, 0.25) is 0 Å². The maximum Gasteiger partial charge on any atom is 0.225 e. The lowest BCUT2D eigenvalue weighted by Gasteiger charge is -2.35. The molecule has 7 nitrogen and oxygen atoms in total. The van der Waals surface area contributed by atoms with Crippen molar-refractivity contribution in [2.75, 3.05) is 41.3 Å². The standard InChI is InChI=1S/C20H23N7/c1-15-4-5-17(12-16(15)2)25-18-13-19(24-14-23-18)26-8-10-27(11-9-26)20-21-6-3-7-22-20/h3-7,12-14H,8-11H2,1-2H3,(H,23,24,25). The fourth-order valence-electron chi connectivity index (χ4n) is 3.15. The first-order chi connectivity index (χ1) is 13.2. The van der Waals surface area contributed by atoms with E-state index in [0.717, 1.165) is 49.5 Å². The van der Waals surface area contributed by atoms with Crippen molar-refractivity contribution in [2.24, 2.45) is 0 Å². The number of hydrogen-bond donors (Lipinski definition) is 1. The zero-order chi connectivity index (χ0) is 18.6. The monoisotopic (exact) mass is 361 g/mol. The average molecular weight is 361 g/mol. The zero-order valence-corrected chi connectivity index (χ0v) is 15.6. The molecule has 0 spiro atoms. The van der Waals surface area contributed by atoms with E-state index < -0.39 is 0 Å². The van der Waals surface area contributed by atoms with E-state index in [1.165, 1.54) is 11.1 Å². The summed E-state index contributed by atoms with van der Waals surface area (Å²) in [4.78, 5) is 22.0. The summed E-state index contributed by atoms with van der Waals surface area (Å²) in [7, 11) is 0. The van der Waals surface area contributed by atoms with E-state index >= 15 is 0 Å². The lowest BCUT2D eigenvalue weighted by Crippen LogP contribution is -2.47. The van der Waals surface area contributed by atoms with Gasteiger partial charge in [-0.1, -0.05) is 6.07 Å². The molecular formula is C20H23N7. The lowest BCUT2D eigenvalue weighted by molar-refractivity contribution is 0.634. The van der Waals surface area contributed by atoms with Crippen molar-refractivity contribution in [2.45, 2.75) is 13.8 Å². The van der Waals surface area contributed by atoms with Crippen LogP contribution < -0.4 is 15.1 Å². The SMILES string of the molecule is Cc1ccc(Nc2cc(N3CCN(c4ncccn4)CC3)ncn2)cc1C. The quantitative estimate of drug-likeness (QED) is 0.766. The number of anilines is 4. The minimum Gasteiger partial charge on any atom is -0.353 e. The van der Waals surface area contributed by atoms with Crippen molar-refractivity contribution in [1.29, 1.82) is 0 Å². The van der Waals surface area contributed by atoms with Crippen molar-refractivity contribution < 1.29 is 0 Å². The summed E-state index contributed by atoms with van der Waals surface area (Å²) in [5.74, 6) is 2.53. The molecule has 0 saturated carbocycles. The van der Waals surface area contributed by atoms with Gasteiger partial charge in [0.1, 0.15) is 18.0 Å². The van der Waals surface area contributed by atoms with Crippen LogP contribution in [0.25, 0.3) is 0 Å². The Bertz CT molecular complexity index is 905. The number of nitrogens with zero attached hydrogens (tertiary/aromatic N) is 6. The van der Waals surface area contributed by atoms with Crippen LogP contribution in [0.4, 0.5) is 23.3 Å². The van der Waals surface area contributed by atoms with Gasteiger partial charge in [-0.25, -0.2) is 19.9 Å². The number of nitrogens with one attached hydrogen (secondary N) is 1. The molecule has 1 aromatic carbocycles. The topological polar surface area (TPSA) is 70.1 Å². The highest BCUT2D eigenvalue weighted by Crippen LogP contribution is 2.22. The van der Waals surface area contributed by atoms with Crippen molar-refractivity contribution in [1.82, 2.24) is 19.9 Å². The smallest absolute Gasteiger partial charge is 0.225 e. The molecule has 0 bridgehead atoms. The molecule has 0 aliphatic carbocycles. The van der Waals surface area contributed by atoms with Crippen LogP contribution in [-0.4, -0.2) is 46.1 Å². The molecule has 3 heterocycles. The highest BCUT2D eigenvalue weighted by atomic mass is 15.3. The molecule has 1 aliphatic heterocycles. The largest absolute Gasteiger partial charge is 0.353 e. The van der Waals surface area contributed by atoms with E-state index in [4.69, 9.17) is 0 Å². The predicted octanol–water partition coefficient (Wildman–Crippen LogP) is 2.95. The molecule has 0 atom stereocenters. The summed E-state index contributed by atoms with van der Waals surface area (Å²) in [5.41, 5.74) is 3.58. The van der Waals surface area contributed by atoms with Crippen LogP contribution in [0.15, 0.2) is 49.1 Å². The van der Waals surface area contributed by atoms with Gasteiger partial charge in [-0.15, -0.1) is 0 Å². The van der Waals surface area contributed by atoms with Gasteiger partial charge in [-0.2, -0.15) is 0 Å². The van der Waals surface area contributed by atoms with Crippen LogP contribution in [0.3, 0.4) is 0 Å². The second-order valence-corrected chi connectivity index (χ2v) is 6.71. The maximum atomic E-state index is 4.46. The molecule has 4 rings (SSSR count). The van der Waals surface area contributed by atoms with Gasteiger partial charge < -0.3 is 15.1 Å². The lowest BCUT2D eigenvalue weighted by atomic mass is 10.1. The Kier molecular flexibility index (Phi) is 4.82. The van der Waals surface area contributed by atoms with Gasteiger partial charge in [0, 0.05) is 50.3 Å². The van der Waals surface area contributed by atoms with E-state index in [1.807, 2.05) is 12.1 Å². The number of hydrogen-bond acceptors (Lipinski definition) is 7. The van der Waals surface area contributed by atoms with Crippen LogP contribution in [0, 0.1) is 13.8 Å². The number of aromatic nitrogens is 4. The molecule has 1 N–H and O–H groups in total. The van der Waals surface area contributed by atoms with E-state index in [1.54, 1.807) is 18.7 Å². The number of aryl methyl sites for hydroxylation is 2. The summed E-state index contributed by atoms with van der Waals surface area (Å²) in [6, 6.07) is 10.2. The molecule has 7 heteroatoms. The summed E-state index contributed by atoms with van der Waals surface area (Å²) in [6.07, 6.45) is 5.18. The van der Waals surface area contributed by atoms with Gasteiger partial charge >= 0.3 is 0 Å². The van der Waals surface area contributed by atoms with Gasteiger partial charge in [0.2, 0.25) is 5.95 Å². The Morgan fingerprint density at radius 1 is 0.815 bits per heavy atom. The summed E-state index contributed by atoms with van der Waals surface area (Å²) < 4.78 is 0. The third kappa shape index (κ3) is 3.97. The van der Waals surface area contributed by atoms with Crippen molar-refractivity contribution in [3.8, 4) is 0 Å². The molecule has 1 aliphatic rings.